The molecule has 29 heavy (non-hydrogen) atoms. The van der Waals surface area contributed by atoms with E-state index >= 15 is 0 Å². The summed E-state index contributed by atoms with van der Waals surface area (Å²) in [6.07, 6.45) is 20.0. The Labute approximate surface area is 182 Å². The Hall–Kier alpha value is -2.57. The van der Waals surface area contributed by atoms with Gasteiger partial charge in [0.1, 0.15) is 0 Å². The minimum absolute atomic E-state index is 0. The molecule has 0 heterocycles. The molecule has 0 aromatic heterocycles. The van der Waals surface area contributed by atoms with Gasteiger partial charge in [0.25, 0.3) is 0 Å². The fraction of sp³-hybridized carbons (Fsp3) is 0.0909. The van der Waals surface area contributed by atoms with Gasteiger partial charge in [-0.3, -0.25) is 12.2 Å². The Morgan fingerprint density at radius 3 is 1.21 bits per heavy atom. The van der Waals surface area contributed by atoms with Crippen LogP contribution in [0.15, 0.2) is 60.7 Å². The Kier molecular flexibility index (Phi) is 14.0. The zero-order chi connectivity index (χ0) is 20.8. The number of allylic oxidation sites excluding steroid dienone is 8. The second kappa shape index (κ2) is 15.4. The molecule has 0 atom stereocenters. The maximum atomic E-state index is 12.0. The molecule has 0 unspecified atom stereocenters. The third-order valence-electron chi connectivity index (χ3n) is 2.85. The van der Waals surface area contributed by atoms with Gasteiger partial charge in [0.15, 0.2) is 0 Å². The summed E-state index contributed by atoms with van der Waals surface area (Å²) in [6.45, 7) is 0. The van der Waals surface area contributed by atoms with Crippen molar-refractivity contribution in [1.29, 1.82) is 0 Å². The van der Waals surface area contributed by atoms with E-state index in [-0.39, 0.29) is 21.7 Å². The summed E-state index contributed by atoms with van der Waals surface area (Å²) < 4.78 is 47.9. The molecule has 148 valence electrons. The van der Waals surface area contributed by atoms with E-state index in [1.54, 1.807) is 12.1 Å². The quantitative estimate of drug-likeness (QED) is 0.323. The molecule has 0 radical (unpaired) electrons. The molecule has 2 N–H and O–H groups in total. The van der Waals surface area contributed by atoms with Crippen LogP contribution >= 0.6 is 0 Å². The summed E-state index contributed by atoms with van der Waals surface area (Å²) in [4.78, 5) is 0. The molecule has 0 saturated heterocycles. The molecular weight excluding hydrogens is 420 g/mol. The van der Waals surface area contributed by atoms with Gasteiger partial charge >= 0.3 is 21.7 Å². The van der Waals surface area contributed by atoms with Crippen molar-refractivity contribution in [1.82, 2.24) is 0 Å². The SMILES string of the molecule is Oc1ccc(F)[c-]c1F.Oc1ccc(F)[c-]c1F.[C-]1=CC=CC1.[C-]1=CC=CC1.[Ti+4]. The molecule has 2 aromatic rings. The van der Waals surface area contributed by atoms with Crippen LogP contribution in [0.25, 0.3) is 0 Å². The van der Waals surface area contributed by atoms with Crippen LogP contribution in [-0.4, -0.2) is 10.2 Å². The number of aromatic hydroxyl groups is 2. The number of hydrogen-bond donors (Lipinski definition) is 2. The zero-order valence-corrected chi connectivity index (χ0v) is 16.7. The van der Waals surface area contributed by atoms with E-state index in [0.717, 1.165) is 37.1 Å². The molecule has 0 aliphatic heterocycles. The van der Waals surface area contributed by atoms with Crippen molar-refractivity contribution in [2.45, 2.75) is 12.8 Å². The second-order valence-electron chi connectivity index (χ2n) is 5.02. The summed E-state index contributed by atoms with van der Waals surface area (Å²) in [6, 6.07) is 7.03. The predicted octanol–water partition coefficient (Wildman–Crippen LogP) is 5.55. The average molecular weight is 436 g/mol. The van der Waals surface area contributed by atoms with E-state index in [1.807, 2.05) is 24.3 Å². The molecule has 0 bridgehead atoms. The van der Waals surface area contributed by atoms with E-state index in [1.165, 1.54) is 0 Å². The third-order valence-corrected chi connectivity index (χ3v) is 2.85. The first-order valence-electron chi connectivity index (χ1n) is 7.96. The van der Waals surface area contributed by atoms with Crippen molar-refractivity contribution >= 4 is 0 Å². The van der Waals surface area contributed by atoms with Crippen molar-refractivity contribution in [2.75, 3.05) is 0 Å². The number of benzene rings is 2. The molecule has 2 aliphatic carbocycles. The average Bonchev–Trinajstić information content (AvgIpc) is 3.41. The molecule has 0 saturated carbocycles. The Morgan fingerprint density at radius 2 is 1.03 bits per heavy atom. The number of phenols is 2. The minimum Gasteiger partial charge on any atom is -0.563 e. The van der Waals surface area contributed by atoms with Crippen molar-refractivity contribution in [3.8, 4) is 11.5 Å². The summed E-state index contributed by atoms with van der Waals surface area (Å²) in [5.41, 5.74) is 0. The number of hydrogen-bond acceptors (Lipinski definition) is 2. The first kappa shape index (κ1) is 26.4. The fourth-order valence-corrected chi connectivity index (χ4v) is 1.55. The van der Waals surface area contributed by atoms with Crippen LogP contribution in [0.2, 0.25) is 0 Å². The van der Waals surface area contributed by atoms with E-state index < -0.39 is 34.8 Å². The summed E-state index contributed by atoms with van der Waals surface area (Å²) in [5, 5.41) is 16.9. The van der Waals surface area contributed by atoms with Gasteiger partial charge in [0.05, 0.1) is 11.6 Å². The van der Waals surface area contributed by atoms with Crippen molar-refractivity contribution < 1.29 is 49.5 Å². The molecule has 0 fully saturated rings. The standard InChI is InChI=1S/2C6H3F2O.2C5H5.Ti/c2*7-4-1-2-6(9)5(8)3-4;2*1-2-4-5-3-1;/h2*1-2,9H;2*1-3H,4H2;/q4*-1;+4. The molecule has 0 amide bonds. The summed E-state index contributed by atoms with van der Waals surface area (Å²) in [7, 11) is 0. The topological polar surface area (TPSA) is 40.5 Å². The van der Waals surface area contributed by atoms with Crippen LogP contribution in [0.4, 0.5) is 17.6 Å². The van der Waals surface area contributed by atoms with Gasteiger partial charge < -0.3 is 10.2 Å². The van der Waals surface area contributed by atoms with Crippen LogP contribution in [-0.2, 0) is 21.7 Å². The van der Waals surface area contributed by atoms with Crippen molar-refractivity contribution in [3.63, 3.8) is 0 Å². The first-order chi connectivity index (χ1) is 13.4. The maximum absolute atomic E-state index is 12.0. The molecule has 2 aliphatic rings. The number of rotatable bonds is 0. The van der Waals surface area contributed by atoms with Crippen LogP contribution < -0.4 is 0 Å². The first-order valence-corrected chi connectivity index (χ1v) is 7.96. The van der Waals surface area contributed by atoms with Crippen LogP contribution in [0.5, 0.6) is 11.5 Å². The van der Waals surface area contributed by atoms with Crippen molar-refractivity contribution in [2.24, 2.45) is 0 Å². The van der Waals surface area contributed by atoms with Gasteiger partial charge in [0, 0.05) is 23.1 Å². The van der Waals surface area contributed by atoms with Gasteiger partial charge in [0.2, 0.25) is 0 Å². The van der Waals surface area contributed by atoms with Crippen LogP contribution in [0.1, 0.15) is 12.8 Å². The zero-order valence-electron chi connectivity index (χ0n) is 15.1. The molecule has 4 rings (SSSR count). The van der Waals surface area contributed by atoms with Crippen molar-refractivity contribution in [3.05, 3.63) is 108 Å². The number of halogens is 4. The van der Waals surface area contributed by atoms with E-state index in [4.69, 9.17) is 10.2 Å². The molecule has 2 nitrogen and oxygen atoms in total. The monoisotopic (exact) mass is 436 g/mol. The Bertz CT molecular complexity index is 770. The Morgan fingerprint density at radius 1 is 0.655 bits per heavy atom. The Balaban J connectivity index is 0.000000369. The molecule has 2 aromatic carbocycles. The van der Waals surface area contributed by atoms with Crippen LogP contribution in [0.3, 0.4) is 0 Å². The van der Waals surface area contributed by atoms with E-state index in [2.05, 4.69) is 24.3 Å². The molecule has 0 spiro atoms. The van der Waals surface area contributed by atoms with E-state index in [0.29, 0.717) is 0 Å². The molecule has 7 heteroatoms. The van der Waals surface area contributed by atoms with Gasteiger partial charge in [-0.05, 0) is 0 Å². The third kappa shape index (κ3) is 12.5. The largest absolute Gasteiger partial charge is 4.00 e. The smallest absolute Gasteiger partial charge is 0.563 e. The predicted molar refractivity (Wildman–Crippen MR) is 96.9 cm³/mol. The van der Waals surface area contributed by atoms with Gasteiger partial charge in [-0.25, -0.2) is 41.9 Å². The summed E-state index contributed by atoms with van der Waals surface area (Å²) in [5.74, 6) is -4.92. The maximum Gasteiger partial charge on any atom is 4.00 e. The summed E-state index contributed by atoms with van der Waals surface area (Å²) >= 11 is 0. The van der Waals surface area contributed by atoms with E-state index in [9.17, 15) is 17.6 Å². The van der Waals surface area contributed by atoms with Gasteiger partial charge in [-0.1, -0.05) is 0 Å². The second-order valence-corrected chi connectivity index (χ2v) is 5.02. The normalized spacial score (nSPS) is 12.0. The minimum atomic E-state index is -1.06. The number of phenolic OH excluding ortho intramolecular Hbond substituents is 2. The fourth-order valence-electron chi connectivity index (χ4n) is 1.55. The van der Waals surface area contributed by atoms with Crippen LogP contribution in [0, 0.1) is 47.6 Å². The van der Waals surface area contributed by atoms with Gasteiger partial charge in [-0.15, -0.1) is 49.2 Å². The molecular formula is C22H16F4O2Ti. The van der Waals surface area contributed by atoms with Gasteiger partial charge in [-0.2, -0.15) is 12.2 Å².